The number of carbonyl (C=O) groups excluding carboxylic acids is 1. The zero-order chi connectivity index (χ0) is 14.0. The third-order valence-electron chi connectivity index (χ3n) is 3.25. The maximum Gasteiger partial charge on any atom is 0.340 e. The maximum atomic E-state index is 11.8. The molecule has 2 rings (SSSR count). The van der Waals surface area contributed by atoms with Crippen LogP contribution in [0.25, 0.3) is 0 Å². The second-order valence-corrected chi connectivity index (χ2v) is 6.65. The quantitative estimate of drug-likeness (QED) is 0.786. The van der Waals surface area contributed by atoms with E-state index in [4.69, 9.17) is 4.74 Å². The average molecular weight is 283 g/mol. The molecule has 1 saturated heterocycles. The summed E-state index contributed by atoms with van der Waals surface area (Å²) in [6, 6.07) is 4.62. The molecule has 0 N–H and O–H groups in total. The Morgan fingerprint density at radius 3 is 2.42 bits per heavy atom. The molecule has 0 spiro atoms. The first-order valence-corrected chi connectivity index (χ1v) is 8.00. The lowest BCUT2D eigenvalue weighted by atomic mass is 10.1. The van der Waals surface area contributed by atoms with Crippen molar-refractivity contribution in [1.82, 2.24) is 0 Å². The van der Waals surface area contributed by atoms with Crippen LogP contribution in [0.4, 0.5) is 5.69 Å². The third-order valence-corrected chi connectivity index (χ3v) is 4.36. The summed E-state index contributed by atoms with van der Waals surface area (Å²) >= 11 is 0. The highest BCUT2D eigenvalue weighted by molar-refractivity contribution is 7.90. The number of esters is 1. The van der Waals surface area contributed by atoms with Gasteiger partial charge in [0, 0.05) is 19.3 Å². The van der Waals surface area contributed by atoms with Crippen molar-refractivity contribution in [3.63, 3.8) is 0 Å². The SMILES string of the molecule is COC(=O)c1cc(S(C)(=O)=O)ccc1N1CCCC1. The number of nitrogens with zero attached hydrogens (tertiary/aromatic N) is 1. The van der Waals surface area contributed by atoms with Gasteiger partial charge in [0.05, 0.1) is 23.3 Å². The highest BCUT2D eigenvalue weighted by atomic mass is 32.2. The summed E-state index contributed by atoms with van der Waals surface area (Å²) in [5.74, 6) is -0.507. The molecule has 0 unspecified atom stereocenters. The van der Waals surface area contributed by atoms with Gasteiger partial charge in [-0.2, -0.15) is 0 Å². The standard InChI is InChI=1S/C13H17NO4S/c1-18-13(15)11-9-10(19(2,16)17)5-6-12(11)14-7-3-4-8-14/h5-6,9H,3-4,7-8H2,1-2H3. The number of anilines is 1. The van der Waals surface area contributed by atoms with E-state index in [0.29, 0.717) is 5.56 Å². The van der Waals surface area contributed by atoms with Gasteiger partial charge in [-0.05, 0) is 31.0 Å². The van der Waals surface area contributed by atoms with Crippen LogP contribution in [0.1, 0.15) is 23.2 Å². The highest BCUT2D eigenvalue weighted by Crippen LogP contribution is 2.27. The first kappa shape index (κ1) is 13.9. The van der Waals surface area contributed by atoms with Gasteiger partial charge in [0.2, 0.25) is 0 Å². The van der Waals surface area contributed by atoms with E-state index in [-0.39, 0.29) is 4.90 Å². The molecule has 0 radical (unpaired) electrons. The van der Waals surface area contributed by atoms with Crippen LogP contribution < -0.4 is 4.90 Å². The van der Waals surface area contributed by atoms with Crippen LogP contribution in [0, 0.1) is 0 Å². The Balaban J connectivity index is 2.51. The van der Waals surface area contributed by atoms with E-state index in [0.717, 1.165) is 37.9 Å². The second kappa shape index (κ2) is 5.21. The van der Waals surface area contributed by atoms with Crippen molar-refractivity contribution in [2.45, 2.75) is 17.7 Å². The number of benzene rings is 1. The van der Waals surface area contributed by atoms with Crippen molar-refractivity contribution >= 4 is 21.5 Å². The van der Waals surface area contributed by atoms with Crippen molar-refractivity contribution in [3.05, 3.63) is 23.8 Å². The minimum atomic E-state index is -3.33. The lowest BCUT2D eigenvalue weighted by Crippen LogP contribution is -2.21. The van der Waals surface area contributed by atoms with Crippen LogP contribution in [-0.2, 0) is 14.6 Å². The molecule has 1 fully saturated rings. The number of hydrogen-bond donors (Lipinski definition) is 0. The Kier molecular flexibility index (Phi) is 3.80. The molecular weight excluding hydrogens is 266 g/mol. The van der Waals surface area contributed by atoms with Crippen molar-refractivity contribution in [3.8, 4) is 0 Å². The molecule has 0 atom stereocenters. The molecular formula is C13H17NO4S. The number of methoxy groups -OCH3 is 1. The van der Waals surface area contributed by atoms with Crippen LogP contribution in [0.15, 0.2) is 23.1 Å². The summed E-state index contributed by atoms with van der Waals surface area (Å²) in [7, 11) is -2.04. The van der Waals surface area contributed by atoms with E-state index in [1.807, 2.05) is 0 Å². The molecule has 1 aromatic rings. The predicted octanol–water partition coefficient (Wildman–Crippen LogP) is 1.48. The van der Waals surface area contributed by atoms with E-state index in [9.17, 15) is 13.2 Å². The largest absolute Gasteiger partial charge is 0.465 e. The van der Waals surface area contributed by atoms with E-state index < -0.39 is 15.8 Å². The fourth-order valence-electron chi connectivity index (χ4n) is 2.25. The monoisotopic (exact) mass is 283 g/mol. The lowest BCUT2D eigenvalue weighted by molar-refractivity contribution is 0.0601. The molecule has 5 nitrogen and oxygen atoms in total. The molecule has 0 bridgehead atoms. The van der Waals surface area contributed by atoms with Crippen molar-refractivity contribution in [1.29, 1.82) is 0 Å². The van der Waals surface area contributed by atoms with Gasteiger partial charge < -0.3 is 9.64 Å². The maximum absolute atomic E-state index is 11.8. The molecule has 104 valence electrons. The Morgan fingerprint density at radius 1 is 1.26 bits per heavy atom. The van der Waals surface area contributed by atoms with Gasteiger partial charge in [0.25, 0.3) is 0 Å². The Hall–Kier alpha value is -1.56. The van der Waals surface area contributed by atoms with Gasteiger partial charge in [0.1, 0.15) is 0 Å². The molecule has 0 saturated carbocycles. The van der Waals surface area contributed by atoms with Gasteiger partial charge in [-0.15, -0.1) is 0 Å². The van der Waals surface area contributed by atoms with Crippen LogP contribution in [0.3, 0.4) is 0 Å². The van der Waals surface area contributed by atoms with Crippen LogP contribution in [-0.4, -0.2) is 40.8 Å². The number of rotatable bonds is 3. The third kappa shape index (κ3) is 2.89. The minimum Gasteiger partial charge on any atom is -0.465 e. The second-order valence-electron chi connectivity index (χ2n) is 4.64. The summed E-state index contributed by atoms with van der Waals surface area (Å²) in [6.07, 6.45) is 3.28. The van der Waals surface area contributed by atoms with E-state index in [1.165, 1.54) is 19.2 Å². The minimum absolute atomic E-state index is 0.135. The number of carbonyl (C=O) groups is 1. The smallest absolute Gasteiger partial charge is 0.340 e. The van der Waals surface area contributed by atoms with Gasteiger partial charge in [-0.1, -0.05) is 0 Å². The topological polar surface area (TPSA) is 63.7 Å². The normalized spacial score (nSPS) is 15.6. The zero-order valence-electron chi connectivity index (χ0n) is 11.0. The molecule has 19 heavy (non-hydrogen) atoms. The summed E-state index contributed by atoms with van der Waals surface area (Å²) in [5.41, 5.74) is 1.06. The summed E-state index contributed by atoms with van der Waals surface area (Å²) in [5, 5.41) is 0. The summed E-state index contributed by atoms with van der Waals surface area (Å²) < 4.78 is 27.9. The van der Waals surface area contributed by atoms with Crippen molar-refractivity contribution in [2.75, 3.05) is 31.4 Å². The van der Waals surface area contributed by atoms with Crippen molar-refractivity contribution < 1.29 is 17.9 Å². The van der Waals surface area contributed by atoms with Gasteiger partial charge in [-0.3, -0.25) is 0 Å². The average Bonchev–Trinajstić information content (AvgIpc) is 2.89. The summed E-state index contributed by atoms with van der Waals surface area (Å²) in [6.45, 7) is 1.75. The van der Waals surface area contributed by atoms with Gasteiger partial charge in [0.15, 0.2) is 9.84 Å². The first-order chi connectivity index (χ1) is 8.93. The molecule has 0 amide bonds. The number of ether oxygens (including phenoxy) is 1. The Morgan fingerprint density at radius 2 is 1.89 bits per heavy atom. The van der Waals surface area contributed by atoms with Gasteiger partial charge >= 0.3 is 5.97 Å². The van der Waals surface area contributed by atoms with Crippen LogP contribution in [0.5, 0.6) is 0 Å². The number of sulfone groups is 1. The Labute approximate surface area is 113 Å². The highest BCUT2D eigenvalue weighted by Gasteiger charge is 2.22. The molecule has 6 heteroatoms. The Bertz CT molecular complexity index is 589. The van der Waals surface area contributed by atoms with E-state index in [2.05, 4.69) is 4.90 Å². The molecule has 0 aliphatic carbocycles. The van der Waals surface area contributed by atoms with Gasteiger partial charge in [-0.25, -0.2) is 13.2 Å². The fourth-order valence-corrected chi connectivity index (χ4v) is 2.90. The van der Waals surface area contributed by atoms with Crippen LogP contribution in [0.2, 0.25) is 0 Å². The van der Waals surface area contributed by atoms with Crippen LogP contribution >= 0.6 is 0 Å². The fraction of sp³-hybridized carbons (Fsp3) is 0.462. The first-order valence-electron chi connectivity index (χ1n) is 6.11. The molecule has 1 aliphatic heterocycles. The number of hydrogen-bond acceptors (Lipinski definition) is 5. The predicted molar refractivity (Wildman–Crippen MR) is 72.3 cm³/mol. The molecule has 0 aromatic heterocycles. The lowest BCUT2D eigenvalue weighted by Gasteiger charge is -2.20. The van der Waals surface area contributed by atoms with E-state index in [1.54, 1.807) is 6.07 Å². The van der Waals surface area contributed by atoms with Crippen molar-refractivity contribution in [2.24, 2.45) is 0 Å². The van der Waals surface area contributed by atoms with E-state index >= 15 is 0 Å². The zero-order valence-corrected chi connectivity index (χ0v) is 11.9. The molecule has 1 aliphatic rings. The summed E-state index contributed by atoms with van der Waals surface area (Å²) in [4.78, 5) is 14.0. The molecule has 1 heterocycles. The molecule has 1 aromatic carbocycles.